The second-order valence-corrected chi connectivity index (χ2v) is 7.60. The Labute approximate surface area is 167 Å². The highest BCUT2D eigenvalue weighted by molar-refractivity contribution is 5.94. The van der Waals surface area contributed by atoms with Gasteiger partial charge in [0, 0.05) is 31.2 Å². The number of rotatable bonds is 4. The van der Waals surface area contributed by atoms with Crippen LogP contribution >= 0.6 is 0 Å². The van der Waals surface area contributed by atoms with Crippen molar-refractivity contribution in [1.29, 1.82) is 0 Å². The number of carbonyl (C=O) groups excluding carboxylic acids is 2. The average Bonchev–Trinajstić information content (AvgIpc) is 2.74. The van der Waals surface area contributed by atoms with Crippen LogP contribution in [0.4, 0.5) is 0 Å². The first-order valence-electron chi connectivity index (χ1n) is 10.3. The molecule has 2 heterocycles. The van der Waals surface area contributed by atoms with E-state index in [4.69, 9.17) is 9.47 Å². The lowest BCUT2D eigenvalue weighted by Gasteiger charge is -2.41. The first-order valence-corrected chi connectivity index (χ1v) is 10.3. The number of piperidine rings is 1. The van der Waals surface area contributed by atoms with E-state index in [0.29, 0.717) is 39.0 Å². The highest BCUT2D eigenvalue weighted by Gasteiger charge is 2.45. The minimum absolute atomic E-state index is 0.110. The number of esters is 1. The molecule has 0 aromatic heterocycles. The second kappa shape index (κ2) is 9.75. The van der Waals surface area contributed by atoms with Gasteiger partial charge in [0.1, 0.15) is 0 Å². The molecule has 1 aromatic carbocycles. The number of hydrogen-bond donors (Lipinski definition) is 0. The van der Waals surface area contributed by atoms with E-state index in [1.54, 1.807) is 4.90 Å². The highest BCUT2D eigenvalue weighted by Crippen LogP contribution is 2.39. The minimum Gasteiger partial charge on any atom is -0.466 e. The van der Waals surface area contributed by atoms with Crippen molar-refractivity contribution < 1.29 is 19.1 Å². The van der Waals surface area contributed by atoms with Crippen LogP contribution in [0.25, 0.3) is 0 Å². The first kappa shape index (κ1) is 20.4. The molecule has 0 radical (unpaired) electrons. The Hall–Kier alpha value is -2.32. The summed E-state index contributed by atoms with van der Waals surface area (Å²) in [5, 5.41) is 0. The molecule has 3 rings (SSSR count). The van der Waals surface area contributed by atoms with E-state index in [2.05, 4.69) is 11.8 Å². The van der Waals surface area contributed by atoms with Crippen LogP contribution in [0.3, 0.4) is 0 Å². The van der Waals surface area contributed by atoms with Crippen molar-refractivity contribution in [1.82, 2.24) is 4.90 Å². The van der Waals surface area contributed by atoms with E-state index in [-0.39, 0.29) is 18.0 Å². The Balaban J connectivity index is 1.63. The van der Waals surface area contributed by atoms with E-state index in [1.807, 2.05) is 37.3 Å². The molecule has 1 unspecified atom stereocenters. The van der Waals surface area contributed by atoms with Crippen LogP contribution in [-0.2, 0) is 19.1 Å². The maximum atomic E-state index is 12.8. The number of carbonyl (C=O) groups is 2. The van der Waals surface area contributed by atoms with Gasteiger partial charge in [-0.15, -0.1) is 0 Å². The van der Waals surface area contributed by atoms with Crippen molar-refractivity contribution in [2.75, 3.05) is 26.3 Å². The minimum atomic E-state index is -0.554. The second-order valence-electron chi connectivity index (χ2n) is 7.60. The van der Waals surface area contributed by atoms with Crippen molar-refractivity contribution in [3.05, 3.63) is 35.9 Å². The van der Waals surface area contributed by atoms with E-state index < -0.39 is 5.41 Å². The lowest BCUT2D eigenvalue weighted by atomic mass is 9.73. The quantitative estimate of drug-likeness (QED) is 0.592. The Morgan fingerprint density at radius 1 is 1.21 bits per heavy atom. The third-order valence-electron chi connectivity index (χ3n) is 5.70. The van der Waals surface area contributed by atoms with Gasteiger partial charge in [-0.2, -0.15) is 0 Å². The largest absolute Gasteiger partial charge is 0.466 e. The fourth-order valence-corrected chi connectivity index (χ4v) is 4.04. The molecule has 0 spiro atoms. The van der Waals surface area contributed by atoms with E-state index in [9.17, 15) is 9.59 Å². The van der Waals surface area contributed by atoms with E-state index in [1.165, 1.54) is 0 Å². The molecule has 0 N–H and O–H groups in total. The van der Waals surface area contributed by atoms with Gasteiger partial charge >= 0.3 is 5.97 Å². The summed E-state index contributed by atoms with van der Waals surface area (Å²) in [5.41, 5.74) is 0.268. The smallest absolute Gasteiger partial charge is 0.312 e. The molecular weight excluding hydrogens is 354 g/mol. The molecule has 2 saturated heterocycles. The number of nitrogens with zero attached hydrogens (tertiary/aromatic N) is 1. The van der Waals surface area contributed by atoms with Gasteiger partial charge in [0.25, 0.3) is 5.91 Å². The van der Waals surface area contributed by atoms with Crippen molar-refractivity contribution in [2.45, 2.75) is 51.6 Å². The molecule has 2 aliphatic rings. The maximum Gasteiger partial charge on any atom is 0.312 e. The van der Waals surface area contributed by atoms with Crippen molar-refractivity contribution in [2.24, 2.45) is 5.41 Å². The number of amides is 1. The van der Waals surface area contributed by atoms with Crippen molar-refractivity contribution in [3.8, 4) is 11.8 Å². The van der Waals surface area contributed by atoms with Crippen LogP contribution < -0.4 is 0 Å². The predicted octanol–water partition coefficient (Wildman–Crippen LogP) is 3.17. The molecule has 1 aromatic rings. The van der Waals surface area contributed by atoms with Crippen LogP contribution in [0, 0.1) is 17.3 Å². The highest BCUT2D eigenvalue weighted by atomic mass is 16.5. The third-order valence-corrected chi connectivity index (χ3v) is 5.70. The number of ether oxygens (including phenoxy) is 2. The Kier molecular flexibility index (Phi) is 7.11. The fourth-order valence-electron chi connectivity index (χ4n) is 4.04. The molecule has 5 heteroatoms. The molecule has 1 amide bonds. The van der Waals surface area contributed by atoms with Gasteiger partial charge in [0.15, 0.2) is 0 Å². The average molecular weight is 383 g/mol. The molecule has 0 saturated carbocycles. The first-order chi connectivity index (χ1) is 13.6. The Morgan fingerprint density at radius 3 is 2.61 bits per heavy atom. The summed E-state index contributed by atoms with van der Waals surface area (Å²) < 4.78 is 11.3. The summed E-state index contributed by atoms with van der Waals surface area (Å²) >= 11 is 0. The van der Waals surface area contributed by atoms with Crippen molar-refractivity contribution in [3.63, 3.8) is 0 Å². The van der Waals surface area contributed by atoms with Gasteiger partial charge in [-0.1, -0.05) is 24.1 Å². The number of benzene rings is 1. The third kappa shape index (κ3) is 5.14. The Bertz CT molecular complexity index is 720. The van der Waals surface area contributed by atoms with Crippen LogP contribution in [0.2, 0.25) is 0 Å². The van der Waals surface area contributed by atoms with Crippen LogP contribution in [0.1, 0.15) is 51.0 Å². The van der Waals surface area contributed by atoms with Gasteiger partial charge in [0.05, 0.1) is 18.1 Å². The summed E-state index contributed by atoms with van der Waals surface area (Å²) in [6.45, 7) is 4.02. The fraction of sp³-hybridized carbons (Fsp3) is 0.565. The number of hydrogen-bond acceptors (Lipinski definition) is 4. The molecule has 150 valence electrons. The Morgan fingerprint density at radius 2 is 1.96 bits per heavy atom. The molecular formula is C23H29NO4. The molecule has 5 nitrogen and oxygen atoms in total. The molecule has 2 fully saturated rings. The normalized spacial score (nSPS) is 21.3. The zero-order chi connectivity index (χ0) is 19.8. The summed E-state index contributed by atoms with van der Waals surface area (Å²) in [5.74, 6) is 5.31. The molecule has 0 bridgehead atoms. The molecule has 2 aliphatic heterocycles. The SMILES string of the molecule is CCOC(=O)C1(CC2CCCCO2)CCN(C(=O)C#Cc2ccccc2)CC1. The van der Waals surface area contributed by atoms with Gasteiger partial charge in [-0.25, -0.2) is 0 Å². The van der Waals surface area contributed by atoms with Crippen LogP contribution in [-0.4, -0.2) is 49.2 Å². The monoisotopic (exact) mass is 383 g/mol. The van der Waals surface area contributed by atoms with Gasteiger partial charge < -0.3 is 14.4 Å². The lowest BCUT2D eigenvalue weighted by molar-refractivity contribution is -0.163. The zero-order valence-corrected chi connectivity index (χ0v) is 16.6. The zero-order valence-electron chi connectivity index (χ0n) is 16.6. The van der Waals surface area contributed by atoms with Crippen LogP contribution in [0.15, 0.2) is 30.3 Å². The van der Waals surface area contributed by atoms with E-state index in [0.717, 1.165) is 31.4 Å². The summed E-state index contributed by atoms with van der Waals surface area (Å²) in [7, 11) is 0. The van der Waals surface area contributed by atoms with Gasteiger partial charge in [0.2, 0.25) is 0 Å². The molecule has 0 aliphatic carbocycles. The maximum absolute atomic E-state index is 12.8. The number of likely N-dealkylation sites (tertiary alicyclic amines) is 1. The van der Waals surface area contributed by atoms with Gasteiger partial charge in [-0.3, -0.25) is 9.59 Å². The van der Waals surface area contributed by atoms with Crippen molar-refractivity contribution >= 4 is 11.9 Å². The van der Waals surface area contributed by atoms with E-state index >= 15 is 0 Å². The topological polar surface area (TPSA) is 55.8 Å². The van der Waals surface area contributed by atoms with Gasteiger partial charge in [-0.05, 0) is 57.6 Å². The molecule has 28 heavy (non-hydrogen) atoms. The molecule has 1 atom stereocenters. The standard InChI is InChI=1S/C23H29NO4/c1-2-27-22(26)23(18-20-10-6-7-17-28-20)13-15-24(16-14-23)21(25)12-11-19-8-4-3-5-9-19/h3-5,8-9,20H,2,6-7,10,13-18H2,1H3. The lowest BCUT2D eigenvalue weighted by Crippen LogP contribution is -2.48. The van der Waals surface area contributed by atoms with Crippen LogP contribution in [0.5, 0.6) is 0 Å². The summed E-state index contributed by atoms with van der Waals surface area (Å²) in [4.78, 5) is 27.0. The summed E-state index contributed by atoms with van der Waals surface area (Å²) in [6.07, 6.45) is 5.22. The summed E-state index contributed by atoms with van der Waals surface area (Å²) in [6, 6.07) is 9.48. The predicted molar refractivity (Wildman–Crippen MR) is 106 cm³/mol.